The van der Waals surface area contributed by atoms with Crippen LogP contribution in [0.15, 0.2) is 0 Å². The van der Waals surface area contributed by atoms with Crippen LogP contribution >= 0.6 is 0 Å². The molecule has 3 nitrogen and oxygen atoms in total. The fourth-order valence-corrected chi connectivity index (χ4v) is 0. The second-order valence-electron chi connectivity index (χ2n) is 1.01. The standard InChI is InChI=1S/C3H6O3.Al.Zn.Zr.3H/c1-2(4)3(5)6;;;;;;/h2,4H,1H3,(H,5,6);;;;;;. The van der Waals surface area contributed by atoms with E-state index in [0.717, 1.165) is 0 Å². The molecule has 0 aromatic heterocycles. The number of carboxylic acids is 1. The van der Waals surface area contributed by atoms with E-state index in [1.165, 1.54) is 6.92 Å². The Morgan fingerprint density at radius 1 is 1.56 bits per heavy atom. The molecule has 0 radical (unpaired) electrons. The van der Waals surface area contributed by atoms with Gasteiger partial charge >= 0.3 is 5.97 Å². The quantitative estimate of drug-likeness (QED) is 0.559. The van der Waals surface area contributed by atoms with Crippen LogP contribution < -0.4 is 0 Å². The second-order valence-corrected chi connectivity index (χ2v) is 1.01. The van der Waals surface area contributed by atoms with E-state index >= 15 is 0 Å². The maximum atomic E-state index is 9.45. The van der Waals surface area contributed by atoms with Crippen molar-refractivity contribution in [1.29, 1.82) is 0 Å². The van der Waals surface area contributed by atoms with Gasteiger partial charge in [0.2, 0.25) is 0 Å². The van der Waals surface area contributed by atoms with Crippen molar-refractivity contribution in [2.75, 3.05) is 0 Å². The Morgan fingerprint density at radius 2 is 1.67 bits per heavy atom. The largest absolute Gasteiger partial charge is 0.479 e. The summed E-state index contributed by atoms with van der Waals surface area (Å²) in [5.41, 5.74) is 0. The van der Waals surface area contributed by atoms with E-state index in [9.17, 15) is 4.79 Å². The van der Waals surface area contributed by atoms with Crippen LogP contribution in [-0.2, 0) is 50.5 Å². The fourth-order valence-electron chi connectivity index (χ4n) is 0. The normalized spacial score (nSPS) is 9.11. The number of carboxylic acid groups (broad SMARTS) is 1. The minimum absolute atomic E-state index is 0. The Balaban J connectivity index is -0.0000000417. The van der Waals surface area contributed by atoms with Gasteiger partial charge in [-0.25, -0.2) is 4.79 Å². The van der Waals surface area contributed by atoms with Crippen LogP contribution in [0.1, 0.15) is 6.92 Å². The van der Waals surface area contributed by atoms with Gasteiger partial charge in [0.1, 0.15) is 6.10 Å². The Bertz CT molecular complexity index is 70.1. The van der Waals surface area contributed by atoms with Gasteiger partial charge in [-0.1, -0.05) is 0 Å². The molecule has 1 atom stereocenters. The third-order valence-corrected chi connectivity index (χ3v) is 0.357. The van der Waals surface area contributed by atoms with Crippen molar-refractivity contribution >= 4 is 23.3 Å². The first-order valence-electron chi connectivity index (χ1n) is 1.55. The molecule has 0 heterocycles. The van der Waals surface area contributed by atoms with Crippen molar-refractivity contribution in [3.63, 3.8) is 0 Å². The number of hydrogen-bond donors (Lipinski definition) is 2. The summed E-state index contributed by atoms with van der Waals surface area (Å²) in [6, 6.07) is 0. The van der Waals surface area contributed by atoms with Crippen LogP contribution in [0.4, 0.5) is 0 Å². The number of aliphatic hydroxyl groups excluding tert-OH is 1. The zero-order chi connectivity index (χ0) is 5.15. The summed E-state index contributed by atoms with van der Waals surface area (Å²) >= 11 is 0. The smallest absolute Gasteiger partial charge is 0.332 e. The Morgan fingerprint density at radius 3 is 1.67 bits per heavy atom. The van der Waals surface area contributed by atoms with Gasteiger partial charge in [0, 0.05) is 45.7 Å². The summed E-state index contributed by atoms with van der Waals surface area (Å²) in [5.74, 6) is -1.19. The van der Waals surface area contributed by atoms with Crippen molar-refractivity contribution in [2.45, 2.75) is 13.0 Å². The molecule has 2 N–H and O–H groups in total. The minimum Gasteiger partial charge on any atom is -0.479 e. The van der Waals surface area contributed by atoms with E-state index in [4.69, 9.17) is 10.2 Å². The molecule has 0 rings (SSSR count). The number of hydrogen-bond acceptors (Lipinski definition) is 2. The minimum atomic E-state index is -1.23. The van der Waals surface area contributed by atoms with Crippen LogP contribution in [0, 0.1) is 0 Å². The van der Waals surface area contributed by atoms with E-state index in [-0.39, 0.29) is 63.0 Å². The molecular formula is C3H9AlO3ZnZr. The molecule has 0 aliphatic heterocycles. The third kappa shape index (κ3) is 17.7. The molecule has 0 spiro atoms. The molecule has 0 bridgehead atoms. The topological polar surface area (TPSA) is 57.5 Å². The molecule has 0 aliphatic rings. The van der Waals surface area contributed by atoms with Crippen molar-refractivity contribution in [2.24, 2.45) is 0 Å². The first kappa shape index (κ1) is 22.4. The molecule has 0 saturated carbocycles. The third-order valence-electron chi connectivity index (χ3n) is 0.357. The van der Waals surface area contributed by atoms with E-state index in [2.05, 4.69) is 0 Å². The zero-order valence-electron chi connectivity index (χ0n) is 4.59. The van der Waals surface area contributed by atoms with Gasteiger partial charge in [0.15, 0.2) is 17.4 Å². The molecule has 0 fully saturated rings. The molecule has 0 aromatic carbocycles. The van der Waals surface area contributed by atoms with Crippen molar-refractivity contribution in [1.82, 2.24) is 0 Å². The Hall–Kier alpha value is 1.47. The monoisotopic (exact) mass is 274 g/mol. The van der Waals surface area contributed by atoms with Crippen LogP contribution in [0.3, 0.4) is 0 Å². The molecular weight excluding hydrogens is 268 g/mol. The Kier molecular flexibility index (Phi) is 30.3. The summed E-state index contributed by atoms with van der Waals surface area (Å²) in [6.07, 6.45) is -1.23. The molecule has 9 heavy (non-hydrogen) atoms. The van der Waals surface area contributed by atoms with Crippen LogP contribution in [-0.4, -0.2) is 39.6 Å². The molecule has 0 amide bonds. The van der Waals surface area contributed by atoms with Crippen molar-refractivity contribution < 1.29 is 60.7 Å². The summed E-state index contributed by atoms with van der Waals surface area (Å²) in [7, 11) is 0. The summed E-state index contributed by atoms with van der Waals surface area (Å²) in [5, 5.41) is 15.8. The molecule has 1 unspecified atom stereocenters. The number of carbonyl (C=O) groups is 1. The number of aliphatic hydroxyl groups is 1. The summed E-state index contributed by atoms with van der Waals surface area (Å²) in [6.45, 7) is 1.20. The van der Waals surface area contributed by atoms with E-state index in [1.54, 1.807) is 0 Å². The molecule has 0 aromatic rings. The number of aliphatic carboxylic acids is 1. The van der Waals surface area contributed by atoms with Crippen LogP contribution in [0.5, 0.6) is 0 Å². The van der Waals surface area contributed by atoms with Crippen LogP contribution in [0.25, 0.3) is 0 Å². The maximum absolute atomic E-state index is 9.45. The fraction of sp³-hybridized carbons (Fsp3) is 0.667. The van der Waals surface area contributed by atoms with Gasteiger partial charge < -0.3 is 10.2 Å². The van der Waals surface area contributed by atoms with Gasteiger partial charge in [-0.15, -0.1) is 0 Å². The predicted molar refractivity (Wildman–Crippen MR) is 29.3 cm³/mol. The van der Waals surface area contributed by atoms with Gasteiger partial charge in [-0.3, -0.25) is 0 Å². The Labute approximate surface area is 96.2 Å². The average Bonchev–Trinajstić information content (AvgIpc) is 1.36. The molecule has 6 heteroatoms. The van der Waals surface area contributed by atoms with Gasteiger partial charge in [-0.05, 0) is 6.92 Å². The summed E-state index contributed by atoms with van der Waals surface area (Å²) < 4.78 is 0. The molecule has 0 saturated heterocycles. The maximum Gasteiger partial charge on any atom is 0.332 e. The first-order valence-corrected chi connectivity index (χ1v) is 1.55. The second kappa shape index (κ2) is 12.2. The zero-order valence-corrected chi connectivity index (χ0v) is 10.0. The van der Waals surface area contributed by atoms with Crippen LogP contribution in [0.2, 0.25) is 0 Å². The van der Waals surface area contributed by atoms with E-state index < -0.39 is 12.1 Å². The van der Waals surface area contributed by atoms with Gasteiger partial charge in [0.25, 0.3) is 0 Å². The van der Waals surface area contributed by atoms with E-state index in [1.807, 2.05) is 0 Å². The van der Waals surface area contributed by atoms with Gasteiger partial charge in [-0.2, -0.15) is 0 Å². The van der Waals surface area contributed by atoms with Gasteiger partial charge in [0.05, 0.1) is 0 Å². The molecule has 0 aliphatic carbocycles. The first-order chi connectivity index (χ1) is 2.64. The SMILES string of the molecule is CC(O)C(=O)O.[AlH3].[Zn].[Zr]. The summed E-state index contributed by atoms with van der Waals surface area (Å²) in [4.78, 5) is 9.45. The van der Waals surface area contributed by atoms with E-state index in [0.29, 0.717) is 0 Å². The molecule has 48 valence electrons. The van der Waals surface area contributed by atoms with Crippen molar-refractivity contribution in [3.8, 4) is 0 Å². The predicted octanol–water partition coefficient (Wildman–Crippen LogP) is -1.74. The average molecular weight is 277 g/mol. The number of rotatable bonds is 1. The van der Waals surface area contributed by atoms with Crippen molar-refractivity contribution in [3.05, 3.63) is 0 Å².